The van der Waals surface area contributed by atoms with Gasteiger partial charge in [-0.15, -0.1) is 0 Å². The van der Waals surface area contributed by atoms with Crippen LogP contribution in [-0.2, 0) is 0 Å². The minimum absolute atomic E-state index is 0. The summed E-state index contributed by atoms with van der Waals surface area (Å²) in [5, 5.41) is 1.23. The molecule has 0 aliphatic heterocycles. The maximum atomic E-state index is 6.16. The number of fused-ring (bicyclic) bond motifs is 1. The Morgan fingerprint density at radius 3 is 2.52 bits per heavy atom. The maximum Gasteiger partial charge on any atom is 0.0595 e. The normalized spacial score (nSPS) is 19.0. The molecule has 110 valence electrons. The zero-order chi connectivity index (χ0) is 14.1. The number of nitrogens with zero attached hydrogens (tertiary/aromatic N) is 1. The minimum atomic E-state index is 0. The van der Waals surface area contributed by atoms with Gasteiger partial charge >= 0.3 is 0 Å². The van der Waals surface area contributed by atoms with Crippen molar-refractivity contribution in [2.24, 2.45) is 4.99 Å². The summed E-state index contributed by atoms with van der Waals surface area (Å²) in [4.78, 5) is 4.42. The van der Waals surface area contributed by atoms with Gasteiger partial charge in [0.2, 0.25) is 0 Å². The van der Waals surface area contributed by atoms with E-state index in [1.165, 1.54) is 22.4 Å². The second-order valence-corrected chi connectivity index (χ2v) is 5.84. The number of aliphatic imine (C=N–C) groups is 1. The predicted molar refractivity (Wildman–Crippen MR) is 93.2 cm³/mol. The summed E-state index contributed by atoms with van der Waals surface area (Å²) in [5.74, 6) is 0.367. The maximum absolute atomic E-state index is 6.16. The quantitative estimate of drug-likeness (QED) is 0.613. The lowest BCUT2D eigenvalue weighted by Crippen LogP contribution is -2.17. The first kappa shape index (κ1) is 16.1. The van der Waals surface area contributed by atoms with Gasteiger partial charge in [-0.25, -0.2) is 0 Å². The summed E-state index contributed by atoms with van der Waals surface area (Å²) in [6, 6.07) is 14.4. The molecule has 0 N–H and O–H groups in total. The van der Waals surface area contributed by atoms with Gasteiger partial charge in [0.25, 0.3) is 0 Å². The van der Waals surface area contributed by atoms with Crippen LogP contribution in [0.1, 0.15) is 42.9 Å². The fraction of sp³-hybridized carbons (Fsp3) is 0.278. The molecule has 0 saturated carbocycles. The Balaban J connectivity index is 0.00000161. The van der Waals surface area contributed by atoms with Crippen molar-refractivity contribution in [3.8, 4) is 0 Å². The number of hydrogen-bond donors (Lipinski definition) is 0. The molecule has 2 aromatic rings. The fourth-order valence-corrected chi connectivity index (χ4v) is 3.25. The molecular formula is C18H19Cl2N. The van der Waals surface area contributed by atoms with Crippen LogP contribution in [0.4, 0.5) is 0 Å². The number of halogens is 2. The van der Waals surface area contributed by atoms with Crippen molar-refractivity contribution in [1.82, 2.24) is 0 Å². The molecule has 1 unspecified atom stereocenters. The molecule has 0 spiro atoms. The largest absolute Gasteiger partial charge is 0.292 e. The van der Waals surface area contributed by atoms with Gasteiger partial charge in [-0.1, -0.05) is 61.0 Å². The monoisotopic (exact) mass is 319 g/mol. The van der Waals surface area contributed by atoms with E-state index in [9.17, 15) is 0 Å². The molecule has 0 fully saturated rings. The van der Waals surface area contributed by atoms with Gasteiger partial charge in [0, 0.05) is 18.7 Å². The zero-order valence-corrected chi connectivity index (χ0v) is 12.7. The summed E-state index contributed by atoms with van der Waals surface area (Å²) < 4.78 is 0. The van der Waals surface area contributed by atoms with Gasteiger partial charge in [0.05, 0.1) is 10.0 Å². The van der Waals surface area contributed by atoms with Crippen LogP contribution < -0.4 is 0 Å². The molecule has 1 nitrogen and oxygen atoms in total. The molecule has 3 heteroatoms. The molecule has 1 aliphatic carbocycles. The van der Waals surface area contributed by atoms with Crippen LogP contribution in [0.15, 0.2) is 47.5 Å². The van der Waals surface area contributed by atoms with Crippen molar-refractivity contribution in [2.45, 2.75) is 26.2 Å². The lowest BCUT2D eigenvalue weighted by atomic mass is 9.78. The third-order valence-corrected chi connectivity index (χ3v) is 4.67. The molecule has 0 radical (unpaired) electrons. The Morgan fingerprint density at radius 2 is 1.81 bits per heavy atom. The smallest absolute Gasteiger partial charge is 0.0595 e. The predicted octanol–water partition coefficient (Wildman–Crippen LogP) is 5.97. The first-order valence-electron chi connectivity index (χ1n) is 6.70. The topological polar surface area (TPSA) is 12.4 Å². The van der Waals surface area contributed by atoms with Crippen LogP contribution in [0.5, 0.6) is 0 Å². The van der Waals surface area contributed by atoms with Crippen LogP contribution in [0, 0.1) is 0 Å². The van der Waals surface area contributed by atoms with E-state index in [4.69, 9.17) is 23.2 Å². The summed E-state index contributed by atoms with van der Waals surface area (Å²) in [5.41, 5.74) is 5.01. The second kappa shape index (κ2) is 6.64. The van der Waals surface area contributed by atoms with E-state index in [-0.39, 0.29) is 7.43 Å². The highest BCUT2D eigenvalue weighted by molar-refractivity contribution is 6.42. The number of hydrogen-bond acceptors (Lipinski definition) is 1. The van der Waals surface area contributed by atoms with Crippen molar-refractivity contribution in [3.63, 3.8) is 0 Å². The molecule has 0 aromatic heterocycles. The van der Waals surface area contributed by atoms with Gasteiger partial charge in [0.1, 0.15) is 0 Å². The highest BCUT2D eigenvalue weighted by Gasteiger charge is 2.25. The number of rotatable bonds is 1. The number of benzene rings is 2. The van der Waals surface area contributed by atoms with E-state index in [1.54, 1.807) is 0 Å². The molecular weight excluding hydrogens is 301 g/mol. The summed E-state index contributed by atoms with van der Waals surface area (Å²) in [6.45, 7) is 0. The van der Waals surface area contributed by atoms with Crippen molar-refractivity contribution in [2.75, 3.05) is 7.05 Å². The van der Waals surface area contributed by atoms with Gasteiger partial charge < -0.3 is 0 Å². The first-order chi connectivity index (χ1) is 9.70. The fourth-order valence-electron chi connectivity index (χ4n) is 2.94. The summed E-state index contributed by atoms with van der Waals surface area (Å²) >= 11 is 12.2. The third-order valence-electron chi connectivity index (χ3n) is 3.93. The van der Waals surface area contributed by atoms with Gasteiger partial charge in [0.15, 0.2) is 0 Å². The average molecular weight is 320 g/mol. The third kappa shape index (κ3) is 3.00. The molecule has 21 heavy (non-hydrogen) atoms. The Kier molecular flexibility index (Phi) is 5.08. The van der Waals surface area contributed by atoms with Gasteiger partial charge in [-0.05, 0) is 41.7 Å². The van der Waals surface area contributed by atoms with Crippen molar-refractivity contribution in [3.05, 3.63) is 69.2 Å². The molecule has 0 amide bonds. The van der Waals surface area contributed by atoms with Crippen molar-refractivity contribution >= 4 is 28.9 Å². The minimum Gasteiger partial charge on any atom is -0.292 e. The Bertz CT molecular complexity index is 677. The summed E-state index contributed by atoms with van der Waals surface area (Å²) in [7, 11) is 1.87. The van der Waals surface area contributed by atoms with Crippen molar-refractivity contribution < 1.29 is 0 Å². The van der Waals surface area contributed by atoms with E-state index >= 15 is 0 Å². The van der Waals surface area contributed by atoms with Crippen LogP contribution in [-0.4, -0.2) is 12.8 Å². The zero-order valence-electron chi connectivity index (χ0n) is 11.2. The van der Waals surface area contributed by atoms with E-state index in [0.29, 0.717) is 16.0 Å². The highest BCUT2D eigenvalue weighted by Crippen LogP contribution is 2.38. The van der Waals surface area contributed by atoms with E-state index in [0.717, 1.165) is 12.8 Å². The first-order valence-corrected chi connectivity index (χ1v) is 7.46. The van der Waals surface area contributed by atoms with Crippen LogP contribution in [0.25, 0.3) is 0 Å². The SMILES string of the molecule is C.CN=C1CCC(c2ccc(Cl)c(Cl)c2)c2ccccc21. The van der Waals surface area contributed by atoms with E-state index in [2.05, 4.69) is 35.3 Å². The van der Waals surface area contributed by atoms with Crippen LogP contribution in [0.3, 0.4) is 0 Å². The van der Waals surface area contributed by atoms with E-state index < -0.39 is 0 Å². The Hall–Kier alpha value is -1.31. The highest BCUT2D eigenvalue weighted by atomic mass is 35.5. The lowest BCUT2D eigenvalue weighted by molar-refractivity contribution is 0.722. The summed E-state index contributed by atoms with van der Waals surface area (Å²) in [6.07, 6.45) is 2.06. The second-order valence-electron chi connectivity index (χ2n) is 5.02. The molecule has 0 saturated heterocycles. The molecule has 1 atom stereocenters. The van der Waals surface area contributed by atoms with Crippen LogP contribution >= 0.6 is 23.2 Å². The van der Waals surface area contributed by atoms with Gasteiger partial charge in [-0.3, -0.25) is 4.99 Å². The van der Waals surface area contributed by atoms with Crippen LogP contribution in [0.2, 0.25) is 10.0 Å². The van der Waals surface area contributed by atoms with Gasteiger partial charge in [-0.2, -0.15) is 0 Å². The molecule has 3 rings (SSSR count). The Morgan fingerprint density at radius 1 is 1.05 bits per heavy atom. The average Bonchev–Trinajstić information content (AvgIpc) is 2.49. The molecule has 1 aliphatic rings. The van der Waals surface area contributed by atoms with E-state index in [1.807, 2.05) is 19.2 Å². The lowest BCUT2D eigenvalue weighted by Gasteiger charge is -2.27. The standard InChI is InChI=1S/C17H15Cl2N.CH4/c1-20-17-9-7-12(13-4-2-3-5-14(13)17)11-6-8-15(18)16(19)10-11;/h2-6,8,10,12H,7,9H2,1H3;1H4. The molecule has 2 aromatic carbocycles. The Labute approximate surface area is 136 Å². The molecule has 0 heterocycles. The van der Waals surface area contributed by atoms with Crippen molar-refractivity contribution in [1.29, 1.82) is 0 Å². The molecule has 0 bridgehead atoms.